The molecule has 1 N–H and O–H groups in total. The second kappa shape index (κ2) is 4.14. The van der Waals surface area contributed by atoms with Crippen LogP contribution in [0.25, 0.3) is 0 Å². The van der Waals surface area contributed by atoms with Crippen LogP contribution >= 0.6 is 0 Å². The van der Waals surface area contributed by atoms with Crippen molar-refractivity contribution in [2.45, 2.75) is 6.23 Å². The maximum absolute atomic E-state index is 13.1. The van der Waals surface area contributed by atoms with Crippen LogP contribution in [0.1, 0.15) is 22.1 Å². The normalized spacial score (nSPS) is 17.2. The maximum atomic E-state index is 13.1. The second-order valence-electron chi connectivity index (χ2n) is 4.03. The molecule has 0 radical (unpaired) electrons. The summed E-state index contributed by atoms with van der Waals surface area (Å²) in [6.07, 6.45) is -0.560. The number of benzene rings is 2. The van der Waals surface area contributed by atoms with Gasteiger partial charge < -0.3 is 10.1 Å². The average molecular weight is 243 g/mol. The Morgan fingerprint density at radius 3 is 2.67 bits per heavy atom. The summed E-state index contributed by atoms with van der Waals surface area (Å²) in [5.41, 5.74) is 1.78. The van der Waals surface area contributed by atoms with Crippen molar-refractivity contribution in [1.82, 2.24) is 0 Å². The van der Waals surface area contributed by atoms with E-state index in [2.05, 4.69) is 5.32 Å². The molecule has 1 aliphatic heterocycles. The number of nitrogens with one attached hydrogen (secondary N) is 1. The zero-order valence-corrected chi connectivity index (χ0v) is 9.39. The van der Waals surface area contributed by atoms with Crippen molar-refractivity contribution in [2.24, 2.45) is 0 Å². The zero-order valence-electron chi connectivity index (χ0n) is 9.39. The lowest BCUT2D eigenvalue weighted by Gasteiger charge is -2.13. The van der Waals surface area contributed by atoms with E-state index in [1.807, 2.05) is 30.3 Å². The molecule has 1 unspecified atom stereocenters. The van der Waals surface area contributed by atoms with Gasteiger partial charge in [0.05, 0.1) is 5.56 Å². The van der Waals surface area contributed by atoms with E-state index in [1.165, 1.54) is 12.1 Å². The van der Waals surface area contributed by atoms with Crippen LogP contribution in [0.5, 0.6) is 0 Å². The molecule has 0 aromatic heterocycles. The average Bonchev–Trinajstić information content (AvgIpc) is 2.67. The van der Waals surface area contributed by atoms with Crippen LogP contribution in [0.4, 0.5) is 10.1 Å². The first-order valence-corrected chi connectivity index (χ1v) is 5.56. The van der Waals surface area contributed by atoms with Crippen molar-refractivity contribution in [3.63, 3.8) is 0 Å². The van der Waals surface area contributed by atoms with E-state index in [1.54, 1.807) is 6.07 Å². The molecule has 0 aliphatic carbocycles. The lowest BCUT2D eigenvalue weighted by atomic mass is 10.1. The molecule has 0 amide bonds. The Bertz CT molecular complexity index is 598. The first-order valence-electron chi connectivity index (χ1n) is 5.56. The summed E-state index contributed by atoms with van der Waals surface area (Å²) in [6.45, 7) is 0. The van der Waals surface area contributed by atoms with E-state index in [0.717, 1.165) is 5.69 Å². The molecular weight excluding hydrogens is 233 g/mol. The van der Waals surface area contributed by atoms with Crippen molar-refractivity contribution in [1.29, 1.82) is 0 Å². The summed E-state index contributed by atoms with van der Waals surface area (Å²) in [6, 6.07) is 13.5. The van der Waals surface area contributed by atoms with Gasteiger partial charge in [-0.3, -0.25) is 0 Å². The quantitative estimate of drug-likeness (QED) is 0.823. The van der Waals surface area contributed by atoms with E-state index < -0.39 is 18.0 Å². The molecule has 90 valence electrons. The van der Waals surface area contributed by atoms with E-state index >= 15 is 0 Å². The minimum atomic E-state index is -0.560. The van der Waals surface area contributed by atoms with Crippen molar-refractivity contribution in [3.05, 3.63) is 65.5 Å². The molecule has 2 aromatic rings. The fourth-order valence-electron chi connectivity index (χ4n) is 1.96. The van der Waals surface area contributed by atoms with E-state index in [4.69, 9.17) is 4.74 Å². The van der Waals surface area contributed by atoms with Crippen LogP contribution in [-0.2, 0) is 4.74 Å². The number of carbonyl (C=O) groups excluding carboxylic acids is 1. The molecule has 0 bridgehead atoms. The van der Waals surface area contributed by atoms with Gasteiger partial charge in [-0.1, -0.05) is 18.2 Å². The molecule has 18 heavy (non-hydrogen) atoms. The van der Waals surface area contributed by atoms with Crippen LogP contribution in [-0.4, -0.2) is 5.97 Å². The third kappa shape index (κ3) is 1.82. The van der Waals surface area contributed by atoms with Crippen LogP contribution in [0.3, 0.4) is 0 Å². The number of halogens is 1. The molecule has 3 rings (SSSR count). The summed E-state index contributed by atoms with van der Waals surface area (Å²) < 4.78 is 18.2. The van der Waals surface area contributed by atoms with Gasteiger partial charge in [0.1, 0.15) is 5.82 Å². The second-order valence-corrected chi connectivity index (χ2v) is 4.03. The first-order chi connectivity index (χ1) is 8.74. The van der Waals surface area contributed by atoms with Crippen molar-refractivity contribution in [3.8, 4) is 0 Å². The van der Waals surface area contributed by atoms with Crippen LogP contribution in [0.15, 0.2) is 48.5 Å². The fourth-order valence-corrected chi connectivity index (χ4v) is 1.96. The zero-order chi connectivity index (χ0) is 12.5. The first kappa shape index (κ1) is 10.8. The smallest absolute Gasteiger partial charge is 0.340 e. The highest BCUT2D eigenvalue weighted by molar-refractivity contribution is 5.94. The minimum Gasteiger partial charge on any atom is -0.434 e. The number of hydrogen-bond acceptors (Lipinski definition) is 3. The SMILES string of the molecule is O=C1OC(Nc2ccccc2)c2ccc(F)cc21. The molecule has 4 heteroatoms. The molecular formula is C14H10FNO2. The molecule has 2 aromatic carbocycles. The van der Waals surface area contributed by atoms with Gasteiger partial charge in [-0.2, -0.15) is 0 Å². The van der Waals surface area contributed by atoms with Gasteiger partial charge in [0.15, 0.2) is 0 Å². The van der Waals surface area contributed by atoms with Gasteiger partial charge >= 0.3 is 5.97 Å². The Kier molecular flexibility index (Phi) is 2.48. The lowest BCUT2D eigenvalue weighted by molar-refractivity contribution is 0.0437. The highest BCUT2D eigenvalue weighted by Crippen LogP contribution is 2.31. The molecule has 0 saturated heterocycles. The number of para-hydroxylation sites is 1. The highest BCUT2D eigenvalue weighted by atomic mass is 19.1. The lowest BCUT2D eigenvalue weighted by Crippen LogP contribution is -2.09. The number of esters is 1. The largest absolute Gasteiger partial charge is 0.434 e. The fraction of sp³-hybridized carbons (Fsp3) is 0.0714. The summed E-state index contributed by atoms with van der Waals surface area (Å²) >= 11 is 0. The number of cyclic esters (lactones) is 1. The number of ether oxygens (including phenoxy) is 1. The summed E-state index contributed by atoms with van der Waals surface area (Å²) in [7, 11) is 0. The van der Waals surface area contributed by atoms with Crippen molar-refractivity contribution < 1.29 is 13.9 Å². The molecule has 0 saturated carbocycles. The Morgan fingerprint density at radius 2 is 1.89 bits per heavy atom. The van der Waals surface area contributed by atoms with Crippen LogP contribution in [0, 0.1) is 5.82 Å². The Labute approximate surface area is 103 Å². The number of fused-ring (bicyclic) bond motifs is 1. The Morgan fingerprint density at radius 1 is 1.11 bits per heavy atom. The molecule has 1 aliphatic rings. The summed E-state index contributed by atoms with van der Waals surface area (Å²) in [5, 5.41) is 3.08. The molecule has 3 nitrogen and oxygen atoms in total. The maximum Gasteiger partial charge on any atom is 0.340 e. The van der Waals surface area contributed by atoms with Gasteiger partial charge in [-0.25, -0.2) is 9.18 Å². The molecule has 0 fully saturated rings. The number of anilines is 1. The standard InChI is InChI=1S/C14H10FNO2/c15-9-6-7-11-12(8-9)14(17)18-13(11)16-10-4-2-1-3-5-10/h1-8,13,16H. The van der Waals surface area contributed by atoms with Gasteiger partial charge in [0.25, 0.3) is 0 Å². The van der Waals surface area contributed by atoms with Gasteiger partial charge in [0, 0.05) is 11.3 Å². The summed E-state index contributed by atoms with van der Waals surface area (Å²) in [4.78, 5) is 11.6. The van der Waals surface area contributed by atoms with Crippen molar-refractivity contribution in [2.75, 3.05) is 5.32 Å². The van der Waals surface area contributed by atoms with Crippen LogP contribution < -0.4 is 5.32 Å². The van der Waals surface area contributed by atoms with E-state index in [0.29, 0.717) is 5.56 Å². The predicted octanol–water partition coefficient (Wildman–Crippen LogP) is 3.11. The topological polar surface area (TPSA) is 38.3 Å². The molecule has 1 heterocycles. The monoisotopic (exact) mass is 243 g/mol. The highest BCUT2D eigenvalue weighted by Gasteiger charge is 2.31. The number of carbonyl (C=O) groups is 1. The summed E-state index contributed by atoms with van der Waals surface area (Å²) in [5.74, 6) is -0.941. The van der Waals surface area contributed by atoms with Crippen molar-refractivity contribution >= 4 is 11.7 Å². The van der Waals surface area contributed by atoms with Gasteiger partial charge in [-0.15, -0.1) is 0 Å². The Hall–Kier alpha value is -2.36. The predicted molar refractivity (Wildman–Crippen MR) is 64.6 cm³/mol. The van der Waals surface area contributed by atoms with Gasteiger partial charge in [0.2, 0.25) is 6.23 Å². The third-order valence-electron chi connectivity index (χ3n) is 2.81. The third-order valence-corrected chi connectivity index (χ3v) is 2.81. The Balaban J connectivity index is 1.91. The number of hydrogen-bond donors (Lipinski definition) is 1. The molecule has 1 atom stereocenters. The minimum absolute atomic E-state index is 0.281. The van der Waals surface area contributed by atoms with E-state index in [-0.39, 0.29) is 5.56 Å². The number of rotatable bonds is 2. The molecule has 0 spiro atoms. The van der Waals surface area contributed by atoms with Gasteiger partial charge in [-0.05, 0) is 30.3 Å². The van der Waals surface area contributed by atoms with Crippen LogP contribution in [0.2, 0.25) is 0 Å². The van der Waals surface area contributed by atoms with E-state index in [9.17, 15) is 9.18 Å².